The van der Waals surface area contributed by atoms with Gasteiger partial charge in [0.15, 0.2) is 0 Å². The zero-order valence-electron chi connectivity index (χ0n) is 11.8. The van der Waals surface area contributed by atoms with Crippen LogP contribution in [0.4, 0.5) is 10.5 Å². The van der Waals surface area contributed by atoms with Crippen LogP contribution in [0.5, 0.6) is 0 Å². The molecule has 1 heterocycles. The minimum absolute atomic E-state index is 0.00360. The summed E-state index contributed by atoms with van der Waals surface area (Å²) in [6, 6.07) is 8.55. The number of para-hydroxylation sites is 1. The smallest absolute Gasteiger partial charge is 0.321 e. The van der Waals surface area contributed by atoms with Gasteiger partial charge in [-0.25, -0.2) is 4.79 Å². The highest BCUT2D eigenvalue weighted by molar-refractivity contribution is 5.93. The van der Waals surface area contributed by atoms with E-state index in [0.29, 0.717) is 12.6 Å². The highest BCUT2D eigenvalue weighted by atomic mass is 16.2. The summed E-state index contributed by atoms with van der Waals surface area (Å²) < 4.78 is 0. The maximum Gasteiger partial charge on any atom is 0.321 e. The SMILES string of the molecule is CCCNC1CCN(C(=O)NCC)c2ccccc21. The molecule has 0 saturated carbocycles. The van der Waals surface area contributed by atoms with Crippen molar-refractivity contribution in [2.24, 2.45) is 0 Å². The van der Waals surface area contributed by atoms with Crippen LogP contribution in [0.3, 0.4) is 0 Å². The Morgan fingerprint density at radius 2 is 2.16 bits per heavy atom. The van der Waals surface area contributed by atoms with E-state index in [0.717, 1.165) is 31.6 Å². The summed E-state index contributed by atoms with van der Waals surface area (Å²) in [4.78, 5) is 13.9. The third-order valence-electron chi connectivity index (χ3n) is 3.46. The fraction of sp³-hybridized carbons (Fsp3) is 0.533. The first-order chi connectivity index (χ1) is 9.27. The molecule has 0 bridgehead atoms. The predicted octanol–water partition coefficient (Wildman–Crippen LogP) is 2.67. The average Bonchev–Trinajstić information content (AvgIpc) is 2.45. The summed E-state index contributed by atoms with van der Waals surface area (Å²) >= 11 is 0. The van der Waals surface area contributed by atoms with E-state index in [1.807, 2.05) is 30.0 Å². The molecule has 1 aliphatic heterocycles. The van der Waals surface area contributed by atoms with E-state index in [1.165, 1.54) is 5.56 Å². The fourth-order valence-corrected chi connectivity index (χ4v) is 2.55. The van der Waals surface area contributed by atoms with Crippen LogP contribution in [-0.4, -0.2) is 25.7 Å². The molecule has 0 spiro atoms. The van der Waals surface area contributed by atoms with Crippen molar-refractivity contribution >= 4 is 11.7 Å². The van der Waals surface area contributed by atoms with Gasteiger partial charge in [-0.05, 0) is 37.9 Å². The number of benzene rings is 1. The zero-order valence-corrected chi connectivity index (χ0v) is 11.8. The number of nitrogens with zero attached hydrogens (tertiary/aromatic N) is 1. The number of amides is 2. The van der Waals surface area contributed by atoms with Gasteiger partial charge >= 0.3 is 6.03 Å². The van der Waals surface area contributed by atoms with Crippen molar-refractivity contribution in [3.63, 3.8) is 0 Å². The standard InChI is InChI=1S/C15H23N3O/c1-3-10-17-13-9-11-18(15(19)16-4-2)14-8-6-5-7-12(13)14/h5-8,13,17H,3-4,9-11H2,1-2H3,(H,16,19). The van der Waals surface area contributed by atoms with Gasteiger partial charge in [-0.1, -0.05) is 25.1 Å². The van der Waals surface area contributed by atoms with Gasteiger partial charge in [0.05, 0.1) is 5.69 Å². The number of anilines is 1. The number of rotatable bonds is 4. The monoisotopic (exact) mass is 261 g/mol. The van der Waals surface area contributed by atoms with E-state index in [9.17, 15) is 4.79 Å². The summed E-state index contributed by atoms with van der Waals surface area (Å²) in [6.07, 6.45) is 2.09. The molecule has 0 fully saturated rings. The molecule has 1 aromatic carbocycles. The van der Waals surface area contributed by atoms with Crippen LogP contribution in [0.1, 0.15) is 38.3 Å². The lowest BCUT2D eigenvalue weighted by Gasteiger charge is -2.34. The summed E-state index contributed by atoms with van der Waals surface area (Å²) in [5.41, 5.74) is 2.27. The molecule has 2 rings (SSSR count). The quantitative estimate of drug-likeness (QED) is 0.875. The first kappa shape index (κ1) is 13.9. The molecule has 2 amide bonds. The molecule has 0 saturated heterocycles. The third kappa shape index (κ3) is 3.07. The second-order valence-electron chi connectivity index (χ2n) is 4.84. The van der Waals surface area contributed by atoms with E-state index in [4.69, 9.17) is 0 Å². The molecule has 19 heavy (non-hydrogen) atoms. The number of fused-ring (bicyclic) bond motifs is 1. The second kappa shape index (κ2) is 6.57. The van der Waals surface area contributed by atoms with E-state index in [-0.39, 0.29) is 6.03 Å². The lowest BCUT2D eigenvalue weighted by atomic mass is 9.96. The van der Waals surface area contributed by atoms with Gasteiger partial charge in [-0.2, -0.15) is 0 Å². The van der Waals surface area contributed by atoms with Crippen molar-refractivity contribution in [2.75, 3.05) is 24.5 Å². The highest BCUT2D eigenvalue weighted by Gasteiger charge is 2.27. The van der Waals surface area contributed by atoms with Crippen LogP contribution in [0.2, 0.25) is 0 Å². The van der Waals surface area contributed by atoms with Crippen molar-refractivity contribution < 1.29 is 4.79 Å². The highest BCUT2D eigenvalue weighted by Crippen LogP contribution is 2.33. The third-order valence-corrected chi connectivity index (χ3v) is 3.46. The Kier molecular flexibility index (Phi) is 4.80. The van der Waals surface area contributed by atoms with Gasteiger partial charge in [0.1, 0.15) is 0 Å². The molecule has 4 heteroatoms. The molecular formula is C15H23N3O. The fourth-order valence-electron chi connectivity index (χ4n) is 2.55. The van der Waals surface area contributed by atoms with Crippen molar-refractivity contribution in [3.8, 4) is 0 Å². The molecule has 0 aromatic heterocycles. The molecule has 1 aliphatic rings. The molecule has 104 valence electrons. The zero-order chi connectivity index (χ0) is 13.7. The Labute approximate surface area is 115 Å². The molecule has 2 N–H and O–H groups in total. The predicted molar refractivity (Wildman–Crippen MR) is 78.5 cm³/mol. The van der Waals surface area contributed by atoms with Gasteiger partial charge in [-0.3, -0.25) is 4.90 Å². The molecule has 0 aliphatic carbocycles. The topological polar surface area (TPSA) is 44.4 Å². The number of hydrogen-bond acceptors (Lipinski definition) is 2. The minimum Gasteiger partial charge on any atom is -0.338 e. The first-order valence-electron chi connectivity index (χ1n) is 7.15. The van der Waals surface area contributed by atoms with Crippen LogP contribution in [0, 0.1) is 0 Å². The Hall–Kier alpha value is -1.55. The van der Waals surface area contributed by atoms with Gasteiger partial charge in [-0.15, -0.1) is 0 Å². The molecule has 1 aromatic rings. The maximum absolute atomic E-state index is 12.1. The molecular weight excluding hydrogens is 238 g/mol. The van der Waals surface area contributed by atoms with Crippen LogP contribution in [-0.2, 0) is 0 Å². The van der Waals surface area contributed by atoms with Crippen molar-refractivity contribution in [1.82, 2.24) is 10.6 Å². The second-order valence-corrected chi connectivity index (χ2v) is 4.84. The van der Waals surface area contributed by atoms with Crippen LogP contribution in [0.25, 0.3) is 0 Å². The van der Waals surface area contributed by atoms with Gasteiger partial charge < -0.3 is 10.6 Å². The van der Waals surface area contributed by atoms with E-state index in [2.05, 4.69) is 23.6 Å². The lowest BCUT2D eigenvalue weighted by Crippen LogP contribution is -2.45. The van der Waals surface area contributed by atoms with Crippen LogP contribution < -0.4 is 15.5 Å². The van der Waals surface area contributed by atoms with E-state index < -0.39 is 0 Å². The van der Waals surface area contributed by atoms with Crippen LogP contribution in [0.15, 0.2) is 24.3 Å². The van der Waals surface area contributed by atoms with Crippen molar-refractivity contribution in [2.45, 2.75) is 32.7 Å². The number of urea groups is 1. The Balaban J connectivity index is 2.21. The van der Waals surface area contributed by atoms with E-state index >= 15 is 0 Å². The molecule has 1 atom stereocenters. The minimum atomic E-state index is 0.00360. The maximum atomic E-state index is 12.1. The summed E-state index contributed by atoms with van der Waals surface area (Å²) in [6.45, 7) is 6.56. The van der Waals surface area contributed by atoms with Crippen molar-refractivity contribution in [3.05, 3.63) is 29.8 Å². The Bertz CT molecular complexity index is 433. The number of nitrogens with one attached hydrogen (secondary N) is 2. The summed E-state index contributed by atoms with van der Waals surface area (Å²) in [7, 11) is 0. The molecule has 1 unspecified atom stereocenters. The van der Waals surface area contributed by atoms with Gasteiger partial charge in [0.2, 0.25) is 0 Å². The van der Waals surface area contributed by atoms with E-state index in [1.54, 1.807) is 0 Å². The average molecular weight is 261 g/mol. The number of carbonyl (C=O) groups excluding carboxylic acids is 1. The summed E-state index contributed by atoms with van der Waals surface area (Å²) in [5.74, 6) is 0. The Morgan fingerprint density at radius 1 is 1.37 bits per heavy atom. The first-order valence-corrected chi connectivity index (χ1v) is 7.15. The number of carbonyl (C=O) groups is 1. The van der Waals surface area contributed by atoms with Gasteiger partial charge in [0, 0.05) is 19.1 Å². The lowest BCUT2D eigenvalue weighted by molar-refractivity contribution is 0.245. The molecule has 4 nitrogen and oxygen atoms in total. The van der Waals surface area contributed by atoms with Crippen molar-refractivity contribution in [1.29, 1.82) is 0 Å². The van der Waals surface area contributed by atoms with Crippen LogP contribution >= 0.6 is 0 Å². The molecule has 0 radical (unpaired) electrons. The number of hydrogen-bond donors (Lipinski definition) is 2. The summed E-state index contributed by atoms with van der Waals surface area (Å²) in [5, 5.41) is 6.44. The normalized spacial score (nSPS) is 18.0. The largest absolute Gasteiger partial charge is 0.338 e. The Morgan fingerprint density at radius 3 is 2.89 bits per heavy atom. The van der Waals surface area contributed by atoms with Gasteiger partial charge in [0.25, 0.3) is 0 Å².